The third kappa shape index (κ3) is 2.09. The maximum absolute atomic E-state index is 3.29. The zero-order valence-corrected chi connectivity index (χ0v) is 8.87. The van der Waals surface area contributed by atoms with E-state index >= 15 is 0 Å². The van der Waals surface area contributed by atoms with Gasteiger partial charge in [-0.15, -0.1) is 0 Å². The molecule has 0 atom stereocenters. The van der Waals surface area contributed by atoms with Crippen molar-refractivity contribution in [2.24, 2.45) is 0 Å². The largest absolute Gasteiger partial charge is 0.371 e. The van der Waals surface area contributed by atoms with Crippen molar-refractivity contribution in [1.29, 1.82) is 0 Å². The van der Waals surface area contributed by atoms with Crippen LogP contribution in [0.5, 0.6) is 0 Å². The van der Waals surface area contributed by atoms with Gasteiger partial charge in [0.1, 0.15) is 0 Å². The Kier molecular flexibility index (Phi) is 3.07. The van der Waals surface area contributed by atoms with Gasteiger partial charge in [-0.3, -0.25) is 0 Å². The maximum Gasteiger partial charge on any atom is 0.0446 e. The van der Waals surface area contributed by atoms with Crippen molar-refractivity contribution in [3.63, 3.8) is 0 Å². The van der Waals surface area contributed by atoms with E-state index in [1.54, 1.807) is 0 Å². The first kappa shape index (κ1) is 9.57. The van der Waals surface area contributed by atoms with Gasteiger partial charge < -0.3 is 4.90 Å². The highest BCUT2D eigenvalue weighted by Gasteiger charge is 2.17. The van der Waals surface area contributed by atoms with Crippen molar-refractivity contribution in [3.05, 3.63) is 30.3 Å². The molecule has 1 aliphatic rings. The summed E-state index contributed by atoms with van der Waals surface area (Å²) in [5.41, 5.74) is 1.24. The summed E-state index contributed by atoms with van der Waals surface area (Å²) in [4.78, 5) is 2.39. The molecule has 1 aromatic rings. The molecular formula is C13H18N. The van der Waals surface area contributed by atoms with Crippen molar-refractivity contribution in [1.82, 2.24) is 0 Å². The summed E-state index contributed by atoms with van der Waals surface area (Å²) in [7, 11) is 2.20. The average Bonchev–Trinajstić information content (AvgIpc) is 2.30. The minimum atomic E-state index is 0.738. The Hall–Kier alpha value is -0.980. The topological polar surface area (TPSA) is 3.24 Å². The minimum absolute atomic E-state index is 0.738. The maximum atomic E-state index is 3.29. The number of rotatable bonds is 2. The molecule has 1 heteroatoms. The van der Waals surface area contributed by atoms with E-state index < -0.39 is 0 Å². The second kappa shape index (κ2) is 4.50. The molecule has 0 bridgehead atoms. The lowest BCUT2D eigenvalue weighted by Crippen LogP contribution is -2.33. The van der Waals surface area contributed by atoms with Gasteiger partial charge in [0.05, 0.1) is 0 Å². The Bertz CT molecular complexity index is 262. The van der Waals surface area contributed by atoms with Gasteiger partial charge in [0.25, 0.3) is 0 Å². The van der Waals surface area contributed by atoms with E-state index in [1.807, 2.05) is 12.1 Å². The normalized spacial score (nSPS) is 18.1. The fourth-order valence-electron chi connectivity index (χ4n) is 2.27. The Morgan fingerprint density at radius 1 is 1.21 bits per heavy atom. The molecule has 0 saturated heterocycles. The van der Waals surface area contributed by atoms with Gasteiger partial charge in [-0.2, -0.15) is 0 Å². The van der Waals surface area contributed by atoms with Crippen LogP contribution in [0.3, 0.4) is 0 Å². The van der Waals surface area contributed by atoms with E-state index in [2.05, 4.69) is 30.1 Å². The SMILES string of the molecule is CN(c1[c]cccc1)C1CCCCC1. The van der Waals surface area contributed by atoms with Crippen molar-refractivity contribution >= 4 is 5.69 Å². The van der Waals surface area contributed by atoms with E-state index in [9.17, 15) is 0 Å². The van der Waals surface area contributed by atoms with Crippen molar-refractivity contribution in [3.8, 4) is 0 Å². The summed E-state index contributed by atoms with van der Waals surface area (Å²) in [6.07, 6.45) is 6.89. The molecule has 0 amide bonds. The summed E-state index contributed by atoms with van der Waals surface area (Å²) in [6, 6.07) is 12.3. The Morgan fingerprint density at radius 2 is 2.00 bits per heavy atom. The van der Waals surface area contributed by atoms with Crippen LogP contribution in [0.25, 0.3) is 0 Å². The van der Waals surface area contributed by atoms with E-state index in [-0.39, 0.29) is 0 Å². The van der Waals surface area contributed by atoms with Crippen LogP contribution in [0, 0.1) is 6.07 Å². The molecule has 0 unspecified atom stereocenters. The molecular weight excluding hydrogens is 170 g/mol. The van der Waals surface area contributed by atoms with Gasteiger partial charge in [0.15, 0.2) is 0 Å². The van der Waals surface area contributed by atoms with Crippen molar-refractivity contribution in [2.45, 2.75) is 38.1 Å². The Balaban J connectivity index is 2.03. The molecule has 0 spiro atoms. The first-order valence-corrected chi connectivity index (χ1v) is 5.57. The van der Waals surface area contributed by atoms with Crippen LogP contribution in [-0.4, -0.2) is 13.1 Å². The molecule has 0 aromatic heterocycles. The summed E-state index contributed by atoms with van der Waals surface area (Å²) < 4.78 is 0. The quantitative estimate of drug-likeness (QED) is 0.688. The van der Waals surface area contributed by atoms with Crippen LogP contribution >= 0.6 is 0 Å². The van der Waals surface area contributed by atoms with Crippen molar-refractivity contribution < 1.29 is 0 Å². The van der Waals surface area contributed by atoms with Crippen LogP contribution < -0.4 is 4.90 Å². The summed E-state index contributed by atoms with van der Waals surface area (Å²) in [6.45, 7) is 0. The molecule has 1 aromatic carbocycles. The van der Waals surface area contributed by atoms with Crippen LogP contribution in [0.2, 0.25) is 0 Å². The molecule has 0 aliphatic heterocycles. The first-order chi connectivity index (χ1) is 6.88. The lowest BCUT2D eigenvalue weighted by atomic mass is 9.94. The third-order valence-electron chi connectivity index (χ3n) is 3.20. The number of benzene rings is 1. The number of hydrogen-bond acceptors (Lipinski definition) is 1. The Labute approximate surface area is 86.7 Å². The highest BCUT2D eigenvalue weighted by molar-refractivity contribution is 5.44. The van der Waals surface area contributed by atoms with Gasteiger partial charge in [-0.1, -0.05) is 37.5 Å². The third-order valence-corrected chi connectivity index (χ3v) is 3.20. The lowest BCUT2D eigenvalue weighted by Gasteiger charge is -2.32. The van der Waals surface area contributed by atoms with Gasteiger partial charge in [0.2, 0.25) is 0 Å². The van der Waals surface area contributed by atoms with Crippen molar-refractivity contribution in [2.75, 3.05) is 11.9 Å². The smallest absolute Gasteiger partial charge is 0.0446 e. The summed E-state index contributed by atoms with van der Waals surface area (Å²) in [5, 5.41) is 0. The van der Waals surface area contributed by atoms with E-state index in [0.29, 0.717) is 0 Å². The molecule has 1 saturated carbocycles. The predicted molar refractivity (Wildman–Crippen MR) is 60.6 cm³/mol. The number of anilines is 1. The molecule has 0 N–H and O–H groups in total. The molecule has 14 heavy (non-hydrogen) atoms. The molecule has 1 radical (unpaired) electrons. The molecule has 1 fully saturated rings. The van der Waals surface area contributed by atoms with Gasteiger partial charge in [0, 0.05) is 24.8 Å². The fourth-order valence-corrected chi connectivity index (χ4v) is 2.27. The molecule has 1 aliphatic carbocycles. The molecule has 0 heterocycles. The molecule has 75 valence electrons. The van der Waals surface area contributed by atoms with Crippen LogP contribution in [0.1, 0.15) is 32.1 Å². The second-order valence-corrected chi connectivity index (χ2v) is 4.15. The van der Waals surface area contributed by atoms with Gasteiger partial charge in [-0.05, 0) is 18.9 Å². The van der Waals surface area contributed by atoms with Gasteiger partial charge >= 0.3 is 0 Å². The van der Waals surface area contributed by atoms with Crippen LogP contribution in [-0.2, 0) is 0 Å². The summed E-state index contributed by atoms with van der Waals surface area (Å²) >= 11 is 0. The minimum Gasteiger partial charge on any atom is -0.371 e. The second-order valence-electron chi connectivity index (χ2n) is 4.15. The van der Waals surface area contributed by atoms with E-state index in [4.69, 9.17) is 0 Å². The lowest BCUT2D eigenvalue weighted by molar-refractivity contribution is 0.427. The number of para-hydroxylation sites is 1. The Morgan fingerprint density at radius 3 is 2.64 bits per heavy atom. The fraction of sp³-hybridized carbons (Fsp3) is 0.538. The predicted octanol–water partition coefficient (Wildman–Crippen LogP) is 3.26. The molecule has 1 nitrogen and oxygen atoms in total. The van der Waals surface area contributed by atoms with E-state index in [1.165, 1.54) is 37.8 Å². The highest BCUT2D eigenvalue weighted by Crippen LogP contribution is 2.25. The van der Waals surface area contributed by atoms with Crippen LogP contribution in [0.15, 0.2) is 24.3 Å². The first-order valence-electron chi connectivity index (χ1n) is 5.57. The monoisotopic (exact) mass is 188 g/mol. The van der Waals surface area contributed by atoms with Crippen LogP contribution in [0.4, 0.5) is 5.69 Å². The molecule has 2 rings (SSSR count). The number of nitrogens with zero attached hydrogens (tertiary/aromatic N) is 1. The van der Waals surface area contributed by atoms with E-state index in [0.717, 1.165) is 6.04 Å². The van der Waals surface area contributed by atoms with Gasteiger partial charge in [-0.25, -0.2) is 0 Å². The standard InChI is InChI=1S/C13H18N/c1-14(12-8-4-2-5-9-12)13-10-6-3-7-11-13/h2,4-5,8,13H,3,6-7,10-11H2,1H3. The summed E-state index contributed by atoms with van der Waals surface area (Å²) in [5.74, 6) is 0. The zero-order chi connectivity index (χ0) is 9.80. The average molecular weight is 188 g/mol. The highest BCUT2D eigenvalue weighted by atomic mass is 15.1. The zero-order valence-electron chi connectivity index (χ0n) is 8.87. The number of hydrogen-bond donors (Lipinski definition) is 0.